The zero-order valence-corrected chi connectivity index (χ0v) is 20.3. The first-order chi connectivity index (χ1) is 16.4. The number of thiazole rings is 1. The van der Waals surface area contributed by atoms with Crippen LogP contribution in [0.3, 0.4) is 0 Å². The molecule has 1 N–H and O–H groups in total. The van der Waals surface area contributed by atoms with Crippen molar-refractivity contribution in [1.29, 1.82) is 0 Å². The van der Waals surface area contributed by atoms with Crippen LogP contribution in [0, 0.1) is 0 Å². The minimum atomic E-state index is -3.00. The second-order valence-corrected chi connectivity index (χ2v) is 11.4. The number of ether oxygens (including phenoxy) is 2. The van der Waals surface area contributed by atoms with Crippen LogP contribution < -0.4 is 19.9 Å². The Hall–Kier alpha value is -2.96. The van der Waals surface area contributed by atoms with Gasteiger partial charge < -0.3 is 19.3 Å². The third-order valence-electron chi connectivity index (χ3n) is 5.95. The molecule has 2 saturated heterocycles. The molecule has 12 heteroatoms. The molecule has 2 fully saturated rings. The van der Waals surface area contributed by atoms with Gasteiger partial charge in [-0.05, 0) is 24.3 Å². The number of benzene rings is 1. The number of fused-ring (bicyclic) bond motifs is 1. The van der Waals surface area contributed by atoms with Gasteiger partial charge in [-0.15, -0.1) is 0 Å². The number of rotatable bonds is 5. The lowest BCUT2D eigenvalue weighted by Crippen LogP contribution is -2.40. The minimum Gasteiger partial charge on any atom is -0.494 e. The van der Waals surface area contributed by atoms with Gasteiger partial charge in [-0.3, -0.25) is 10.1 Å². The molecule has 5 rings (SSSR count). The molecule has 180 valence electrons. The van der Waals surface area contributed by atoms with E-state index < -0.39 is 9.84 Å². The van der Waals surface area contributed by atoms with E-state index in [1.165, 1.54) is 11.3 Å². The van der Waals surface area contributed by atoms with Crippen LogP contribution in [0.25, 0.3) is 10.2 Å². The molecule has 1 amide bonds. The molecule has 0 saturated carbocycles. The number of nitrogens with zero attached hydrogens (tertiary/aromatic N) is 4. The van der Waals surface area contributed by atoms with E-state index in [2.05, 4.69) is 20.2 Å². The van der Waals surface area contributed by atoms with Crippen LogP contribution in [0.15, 0.2) is 30.5 Å². The van der Waals surface area contributed by atoms with Gasteiger partial charge in [-0.1, -0.05) is 11.3 Å². The molecule has 2 aliphatic rings. The van der Waals surface area contributed by atoms with Crippen molar-refractivity contribution in [2.45, 2.75) is 0 Å². The summed E-state index contributed by atoms with van der Waals surface area (Å²) >= 11 is 1.40. The number of morpholine rings is 1. The van der Waals surface area contributed by atoms with E-state index in [0.29, 0.717) is 54.1 Å². The van der Waals surface area contributed by atoms with E-state index in [9.17, 15) is 13.2 Å². The summed E-state index contributed by atoms with van der Waals surface area (Å²) < 4.78 is 35.4. The number of aromatic nitrogens is 2. The standard InChI is InChI=1S/C22H25N5O5S2/c1-31-17-3-2-16(26-6-10-32-11-7-26)20-19(17)24-22(33-20)25-21(28)15-4-5-23-18(14-15)27-8-12-34(29,30)13-9-27/h2-5,14H,6-13H2,1H3,(H,24,25,28). The van der Waals surface area contributed by atoms with Crippen molar-refractivity contribution in [2.75, 3.05) is 73.1 Å². The van der Waals surface area contributed by atoms with Gasteiger partial charge in [0.05, 0.1) is 42.2 Å². The average molecular weight is 504 g/mol. The van der Waals surface area contributed by atoms with Crippen molar-refractivity contribution in [2.24, 2.45) is 0 Å². The summed E-state index contributed by atoms with van der Waals surface area (Å²) in [6.07, 6.45) is 1.56. The summed E-state index contributed by atoms with van der Waals surface area (Å²) in [6, 6.07) is 7.23. The zero-order valence-electron chi connectivity index (χ0n) is 18.7. The largest absolute Gasteiger partial charge is 0.494 e. The number of pyridine rings is 1. The summed E-state index contributed by atoms with van der Waals surface area (Å²) in [5.41, 5.74) is 2.18. The molecule has 0 unspecified atom stereocenters. The quantitative estimate of drug-likeness (QED) is 0.558. The number of hydrogen-bond donors (Lipinski definition) is 1. The average Bonchev–Trinajstić information content (AvgIpc) is 3.27. The minimum absolute atomic E-state index is 0.0874. The Morgan fingerprint density at radius 2 is 1.88 bits per heavy atom. The van der Waals surface area contributed by atoms with Gasteiger partial charge in [0.25, 0.3) is 5.91 Å². The lowest BCUT2D eigenvalue weighted by molar-refractivity contribution is 0.102. The highest BCUT2D eigenvalue weighted by atomic mass is 32.2. The number of hydrogen-bond acceptors (Lipinski definition) is 10. The van der Waals surface area contributed by atoms with Crippen LogP contribution in [0.5, 0.6) is 5.75 Å². The second-order valence-electron chi connectivity index (χ2n) is 8.08. The molecule has 10 nitrogen and oxygen atoms in total. The van der Waals surface area contributed by atoms with Gasteiger partial charge in [0.2, 0.25) is 0 Å². The van der Waals surface area contributed by atoms with Gasteiger partial charge in [-0.25, -0.2) is 18.4 Å². The molecule has 0 spiro atoms. The third-order valence-corrected chi connectivity index (χ3v) is 8.56. The van der Waals surface area contributed by atoms with Gasteiger partial charge >= 0.3 is 0 Å². The van der Waals surface area contributed by atoms with Crippen LogP contribution in [0.1, 0.15) is 10.4 Å². The van der Waals surface area contributed by atoms with Crippen molar-refractivity contribution < 1.29 is 22.7 Å². The maximum absolute atomic E-state index is 13.0. The van der Waals surface area contributed by atoms with Gasteiger partial charge in [0.1, 0.15) is 17.1 Å². The Morgan fingerprint density at radius 3 is 2.62 bits per heavy atom. The maximum atomic E-state index is 13.0. The lowest BCUT2D eigenvalue weighted by Gasteiger charge is -2.29. The summed E-state index contributed by atoms with van der Waals surface area (Å²) in [5, 5.41) is 3.37. The van der Waals surface area contributed by atoms with Crippen molar-refractivity contribution in [3.05, 3.63) is 36.0 Å². The topological polar surface area (TPSA) is 114 Å². The Balaban J connectivity index is 1.38. The van der Waals surface area contributed by atoms with Gasteiger partial charge in [0, 0.05) is 37.9 Å². The van der Waals surface area contributed by atoms with Crippen molar-refractivity contribution >= 4 is 53.9 Å². The number of methoxy groups -OCH3 is 1. The molecule has 4 heterocycles. The lowest BCUT2D eigenvalue weighted by atomic mass is 10.2. The summed E-state index contributed by atoms with van der Waals surface area (Å²) in [4.78, 5) is 26.1. The van der Waals surface area contributed by atoms with Crippen LogP contribution in [0.2, 0.25) is 0 Å². The van der Waals surface area contributed by atoms with E-state index in [4.69, 9.17) is 9.47 Å². The molecule has 34 heavy (non-hydrogen) atoms. The molecule has 1 aromatic carbocycles. The molecule has 0 bridgehead atoms. The Bertz CT molecular complexity index is 1310. The Labute approximate surface area is 201 Å². The molecular weight excluding hydrogens is 478 g/mol. The smallest absolute Gasteiger partial charge is 0.257 e. The normalized spacial score (nSPS) is 18.1. The predicted molar refractivity (Wildman–Crippen MR) is 132 cm³/mol. The summed E-state index contributed by atoms with van der Waals surface area (Å²) in [7, 11) is -1.40. The van der Waals surface area contributed by atoms with E-state index in [1.54, 1.807) is 25.4 Å². The summed E-state index contributed by atoms with van der Waals surface area (Å²) in [5.74, 6) is 1.10. The van der Waals surface area contributed by atoms with E-state index in [1.807, 2.05) is 17.0 Å². The Kier molecular flexibility index (Phi) is 6.28. The molecular formula is C22H25N5O5S2. The first-order valence-corrected chi connectivity index (χ1v) is 13.6. The van der Waals surface area contributed by atoms with Crippen molar-refractivity contribution in [1.82, 2.24) is 9.97 Å². The van der Waals surface area contributed by atoms with Crippen molar-refractivity contribution in [3.8, 4) is 5.75 Å². The highest BCUT2D eigenvalue weighted by Crippen LogP contribution is 2.39. The summed E-state index contributed by atoms with van der Waals surface area (Å²) in [6.45, 7) is 3.65. The number of carbonyl (C=O) groups is 1. The van der Waals surface area contributed by atoms with Gasteiger partial charge in [-0.2, -0.15) is 0 Å². The number of sulfone groups is 1. The maximum Gasteiger partial charge on any atom is 0.257 e. The molecule has 2 aromatic heterocycles. The van der Waals surface area contributed by atoms with Crippen molar-refractivity contribution in [3.63, 3.8) is 0 Å². The molecule has 0 aliphatic carbocycles. The number of nitrogens with one attached hydrogen (secondary N) is 1. The zero-order chi connectivity index (χ0) is 23.7. The van der Waals surface area contributed by atoms with Crippen LogP contribution >= 0.6 is 11.3 Å². The molecule has 3 aromatic rings. The Morgan fingerprint density at radius 1 is 1.12 bits per heavy atom. The fourth-order valence-corrected chi connectivity index (χ4v) is 6.30. The fourth-order valence-electron chi connectivity index (χ4n) is 4.08. The molecule has 0 atom stereocenters. The first kappa shape index (κ1) is 22.8. The fraction of sp³-hybridized carbons (Fsp3) is 0.409. The first-order valence-electron chi connectivity index (χ1n) is 11.0. The van der Waals surface area contributed by atoms with Crippen LogP contribution in [-0.4, -0.2) is 82.3 Å². The van der Waals surface area contributed by atoms with E-state index in [-0.39, 0.29) is 17.4 Å². The SMILES string of the molecule is COc1ccc(N2CCOCC2)c2sc(NC(=O)c3ccnc(N4CCS(=O)(=O)CC4)c3)nc12. The second kappa shape index (κ2) is 9.35. The van der Waals surface area contributed by atoms with E-state index >= 15 is 0 Å². The van der Waals surface area contributed by atoms with Crippen LogP contribution in [-0.2, 0) is 14.6 Å². The number of carbonyl (C=O) groups excluding carboxylic acids is 1. The highest BCUT2D eigenvalue weighted by Gasteiger charge is 2.24. The molecule has 0 radical (unpaired) electrons. The monoisotopic (exact) mass is 503 g/mol. The van der Waals surface area contributed by atoms with Crippen LogP contribution in [0.4, 0.5) is 16.6 Å². The predicted octanol–water partition coefficient (Wildman–Crippen LogP) is 2.02. The van der Waals surface area contributed by atoms with Gasteiger partial charge in [0.15, 0.2) is 15.0 Å². The highest BCUT2D eigenvalue weighted by molar-refractivity contribution is 7.91. The number of amides is 1. The van der Waals surface area contributed by atoms with E-state index in [0.717, 1.165) is 23.5 Å². The number of anilines is 3. The third kappa shape index (κ3) is 4.65. The molecule has 2 aliphatic heterocycles.